The molecule has 4 heterocycles. The van der Waals surface area contributed by atoms with E-state index < -0.39 is 9.84 Å². The third-order valence-corrected chi connectivity index (χ3v) is 7.88. The molecular formula is C20H20N4O2S. The first-order valence-corrected chi connectivity index (χ1v) is 10.5. The van der Waals surface area contributed by atoms with Crippen molar-refractivity contribution >= 4 is 9.84 Å². The summed E-state index contributed by atoms with van der Waals surface area (Å²) in [6, 6.07) is 9.60. The van der Waals surface area contributed by atoms with Crippen LogP contribution in [0.15, 0.2) is 60.0 Å². The van der Waals surface area contributed by atoms with Gasteiger partial charge in [-0.15, -0.1) is 0 Å². The first-order chi connectivity index (χ1) is 13.0. The smallest absolute Gasteiger partial charge is 0.183 e. The monoisotopic (exact) mass is 380 g/mol. The van der Waals surface area contributed by atoms with Crippen molar-refractivity contribution in [2.24, 2.45) is 7.05 Å². The van der Waals surface area contributed by atoms with Gasteiger partial charge in [-0.2, -0.15) is 5.10 Å². The van der Waals surface area contributed by atoms with Crippen molar-refractivity contribution in [2.45, 2.75) is 22.6 Å². The molecule has 0 bridgehead atoms. The molecule has 1 aromatic carbocycles. The summed E-state index contributed by atoms with van der Waals surface area (Å²) < 4.78 is 27.9. The zero-order valence-corrected chi connectivity index (χ0v) is 15.8. The highest BCUT2D eigenvalue weighted by molar-refractivity contribution is 7.92. The van der Waals surface area contributed by atoms with Gasteiger partial charge in [0.15, 0.2) is 9.84 Å². The standard InChI is InChI=1S/C20H20N4O2S/c1-23-10-14(8-22-23)11-24-12-18-17-7-15(16-3-2-6-21-9-16)4-5-19(17)27(25,26)20(18)13-24/h2-10,18,20H,11-13H2,1H3/t18-,20-/m0/s1. The van der Waals surface area contributed by atoms with Crippen molar-refractivity contribution in [3.05, 3.63) is 66.2 Å². The van der Waals surface area contributed by atoms with E-state index in [-0.39, 0.29) is 11.2 Å². The van der Waals surface area contributed by atoms with Gasteiger partial charge >= 0.3 is 0 Å². The van der Waals surface area contributed by atoms with Crippen molar-refractivity contribution in [2.75, 3.05) is 13.1 Å². The fourth-order valence-corrected chi connectivity index (χ4v) is 6.57. The van der Waals surface area contributed by atoms with Crippen LogP contribution in [0.3, 0.4) is 0 Å². The van der Waals surface area contributed by atoms with E-state index in [0.29, 0.717) is 11.4 Å². The molecule has 0 N–H and O–H groups in total. The van der Waals surface area contributed by atoms with Gasteiger partial charge < -0.3 is 0 Å². The van der Waals surface area contributed by atoms with E-state index >= 15 is 0 Å². The fourth-order valence-electron chi connectivity index (χ4n) is 4.38. The molecular weight excluding hydrogens is 360 g/mol. The van der Waals surface area contributed by atoms with Crippen molar-refractivity contribution in [1.29, 1.82) is 0 Å². The molecule has 0 spiro atoms. The SMILES string of the molecule is Cn1cc(CN2C[C@H]3c4cc(-c5cccnc5)ccc4S(=O)(=O)[C@H]3C2)cn1. The number of nitrogens with zero attached hydrogens (tertiary/aromatic N) is 4. The summed E-state index contributed by atoms with van der Waals surface area (Å²) in [6.07, 6.45) is 7.38. The maximum atomic E-state index is 13.1. The molecule has 5 rings (SSSR count). The van der Waals surface area contributed by atoms with Crippen molar-refractivity contribution in [3.8, 4) is 11.1 Å². The Hall–Kier alpha value is -2.51. The Bertz CT molecular complexity index is 1110. The Morgan fingerprint density at radius 3 is 2.78 bits per heavy atom. The number of aryl methyl sites for hydroxylation is 1. The van der Waals surface area contributed by atoms with Gasteiger partial charge in [0.2, 0.25) is 0 Å². The molecule has 2 aromatic heterocycles. The van der Waals surface area contributed by atoms with Crippen LogP contribution in [0, 0.1) is 0 Å². The van der Waals surface area contributed by atoms with Gasteiger partial charge in [-0.05, 0) is 34.9 Å². The molecule has 2 atom stereocenters. The number of rotatable bonds is 3. The lowest BCUT2D eigenvalue weighted by atomic mass is 9.95. The second-order valence-electron chi connectivity index (χ2n) is 7.40. The van der Waals surface area contributed by atoms with Gasteiger partial charge in [0, 0.05) is 56.8 Å². The topological polar surface area (TPSA) is 68.1 Å². The lowest BCUT2D eigenvalue weighted by Gasteiger charge is -2.16. The Labute approximate surface area is 158 Å². The molecule has 0 radical (unpaired) electrons. The molecule has 2 aliphatic heterocycles. The van der Waals surface area contributed by atoms with Crippen molar-refractivity contribution < 1.29 is 8.42 Å². The van der Waals surface area contributed by atoms with Crippen LogP contribution >= 0.6 is 0 Å². The van der Waals surface area contributed by atoms with Crippen LogP contribution in [0.25, 0.3) is 11.1 Å². The molecule has 138 valence electrons. The van der Waals surface area contributed by atoms with E-state index in [1.807, 2.05) is 49.9 Å². The molecule has 0 amide bonds. The lowest BCUT2D eigenvalue weighted by molar-refractivity contribution is 0.325. The molecule has 0 saturated carbocycles. The van der Waals surface area contributed by atoms with Gasteiger partial charge in [0.1, 0.15) is 0 Å². The number of benzene rings is 1. The Balaban J connectivity index is 1.48. The Kier molecular flexibility index (Phi) is 3.70. The highest BCUT2D eigenvalue weighted by Crippen LogP contribution is 2.46. The van der Waals surface area contributed by atoms with Crippen LogP contribution in [0.2, 0.25) is 0 Å². The highest BCUT2D eigenvalue weighted by atomic mass is 32.2. The molecule has 2 aliphatic rings. The summed E-state index contributed by atoms with van der Waals surface area (Å²) >= 11 is 0. The number of aromatic nitrogens is 3. The van der Waals surface area contributed by atoms with Crippen molar-refractivity contribution in [1.82, 2.24) is 19.7 Å². The quantitative estimate of drug-likeness (QED) is 0.697. The van der Waals surface area contributed by atoms with Gasteiger partial charge in [-0.3, -0.25) is 14.6 Å². The second-order valence-corrected chi connectivity index (χ2v) is 9.54. The number of hydrogen-bond acceptors (Lipinski definition) is 5. The lowest BCUT2D eigenvalue weighted by Crippen LogP contribution is -2.25. The maximum Gasteiger partial charge on any atom is 0.183 e. The van der Waals surface area contributed by atoms with Crippen LogP contribution in [0.5, 0.6) is 0 Å². The third kappa shape index (κ3) is 2.69. The average Bonchev–Trinajstić information content (AvgIpc) is 3.33. The second kappa shape index (κ2) is 6.00. The molecule has 27 heavy (non-hydrogen) atoms. The van der Waals surface area contributed by atoms with E-state index in [9.17, 15) is 8.42 Å². The maximum absolute atomic E-state index is 13.1. The summed E-state index contributed by atoms with van der Waals surface area (Å²) in [6.45, 7) is 2.05. The molecule has 6 nitrogen and oxygen atoms in total. The third-order valence-electron chi connectivity index (χ3n) is 5.62. The van der Waals surface area contributed by atoms with Gasteiger partial charge in [-0.1, -0.05) is 12.1 Å². The predicted octanol–water partition coefficient (Wildman–Crippen LogP) is 2.24. The average molecular weight is 380 g/mol. The largest absolute Gasteiger partial charge is 0.297 e. The van der Waals surface area contributed by atoms with Crippen LogP contribution in [0.1, 0.15) is 17.0 Å². The molecule has 7 heteroatoms. The highest BCUT2D eigenvalue weighted by Gasteiger charge is 2.50. The summed E-state index contributed by atoms with van der Waals surface area (Å²) in [5, 5.41) is 3.85. The minimum atomic E-state index is -3.28. The minimum Gasteiger partial charge on any atom is -0.297 e. The zero-order valence-electron chi connectivity index (χ0n) is 15.0. The van der Waals surface area contributed by atoms with E-state index in [1.54, 1.807) is 16.9 Å². The van der Waals surface area contributed by atoms with Crippen molar-refractivity contribution in [3.63, 3.8) is 0 Å². The summed E-state index contributed by atoms with van der Waals surface area (Å²) in [7, 11) is -1.39. The first kappa shape index (κ1) is 16.6. The Morgan fingerprint density at radius 2 is 2.04 bits per heavy atom. The van der Waals surface area contributed by atoms with Crippen LogP contribution in [-0.4, -0.2) is 46.4 Å². The molecule has 3 aromatic rings. The summed E-state index contributed by atoms with van der Waals surface area (Å²) in [5.74, 6) is 0.0262. The summed E-state index contributed by atoms with van der Waals surface area (Å²) in [5.41, 5.74) is 4.09. The van der Waals surface area contributed by atoms with Crippen LogP contribution < -0.4 is 0 Å². The fraction of sp³-hybridized carbons (Fsp3) is 0.300. The first-order valence-electron chi connectivity index (χ1n) is 9.00. The number of hydrogen-bond donors (Lipinski definition) is 0. The van der Waals surface area contributed by atoms with E-state index in [1.165, 1.54) is 0 Å². The normalized spacial score (nSPS) is 23.3. The summed E-state index contributed by atoms with van der Waals surface area (Å²) in [4.78, 5) is 6.91. The molecule has 0 unspecified atom stereocenters. The molecule has 1 fully saturated rings. The number of pyridine rings is 1. The van der Waals surface area contributed by atoms with Crippen LogP contribution in [0.4, 0.5) is 0 Å². The molecule has 1 saturated heterocycles. The number of likely N-dealkylation sites (tertiary alicyclic amines) is 1. The van der Waals surface area contributed by atoms with Crippen LogP contribution in [-0.2, 0) is 23.4 Å². The van der Waals surface area contributed by atoms with Gasteiger partial charge in [0.05, 0.1) is 16.3 Å². The minimum absolute atomic E-state index is 0.0262. The number of sulfone groups is 1. The predicted molar refractivity (Wildman–Crippen MR) is 102 cm³/mol. The number of fused-ring (bicyclic) bond motifs is 3. The van der Waals surface area contributed by atoms with E-state index in [2.05, 4.69) is 15.0 Å². The van der Waals surface area contributed by atoms with Gasteiger partial charge in [0.25, 0.3) is 0 Å². The zero-order chi connectivity index (χ0) is 18.6. The molecule has 0 aliphatic carbocycles. The van der Waals surface area contributed by atoms with Gasteiger partial charge in [-0.25, -0.2) is 8.42 Å². The van der Waals surface area contributed by atoms with E-state index in [4.69, 9.17) is 0 Å². The Morgan fingerprint density at radius 1 is 1.15 bits per heavy atom. The van der Waals surface area contributed by atoms with E-state index in [0.717, 1.165) is 35.3 Å².